The van der Waals surface area contributed by atoms with Gasteiger partial charge in [-0.05, 0) is 41.5 Å². The molecule has 0 amide bonds. The van der Waals surface area contributed by atoms with Crippen LogP contribution in [-0.2, 0) is 4.79 Å². The highest BCUT2D eigenvalue weighted by molar-refractivity contribution is 6.01. The Morgan fingerprint density at radius 3 is 2.29 bits per heavy atom. The van der Waals surface area contributed by atoms with Crippen LogP contribution in [-0.4, -0.2) is 32.3 Å². The van der Waals surface area contributed by atoms with Crippen molar-refractivity contribution < 1.29 is 9.63 Å². The molecule has 0 saturated heterocycles. The van der Waals surface area contributed by atoms with Crippen molar-refractivity contribution in [1.82, 2.24) is 14.7 Å². The number of carbonyl (C=O) groups is 1. The van der Waals surface area contributed by atoms with Gasteiger partial charge in [-0.15, -0.1) is 0 Å². The van der Waals surface area contributed by atoms with Gasteiger partial charge in [0.15, 0.2) is 0 Å². The number of aromatic amines is 1. The van der Waals surface area contributed by atoms with Gasteiger partial charge in [0.2, 0.25) is 0 Å². The summed E-state index contributed by atoms with van der Waals surface area (Å²) in [5, 5.41) is 16.1. The van der Waals surface area contributed by atoms with E-state index in [1.807, 2.05) is 30.3 Å². The van der Waals surface area contributed by atoms with E-state index in [0.29, 0.717) is 22.5 Å². The van der Waals surface area contributed by atoms with E-state index in [0.717, 1.165) is 33.1 Å². The van der Waals surface area contributed by atoms with Gasteiger partial charge in [-0.3, -0.25) is 10.8 Å². The van der Waals surface area contributed by atoms with Crippen molar-refractivity contribution in [3.05, 3.63) is 78.0 Å². The van der Waals surface area contributed by atoms with Gasteiger partial charge < -0.3 is 21.3 Å². The Hall–Kier alpha value is -4.92. The van der Waals surface area contributed by atoms with Gasteiger partial charge in [-0.2, -0.15) is 4.73 Å². The maximum absolute atomic E-state index is 11.7. The molecule has 5 aromatic rings. The number of amidine groups is 2. The highest BCUT2D eigenvalue weighted by Gasteiger charge is 2.17. The standard InChI is InChI=1S/C25H21N7O2/c1-13(33)34-32-12-19(25-30-20-8-6-17(24(28)29)11-21(20)31-25)18-10-16(7-9-22(18)32)14-2-4-15(5-3-14)23(26)27/h2-12H,1H3,(H3,26,27)(H3,28,29)(H,30,31). The first-order valence-corrected chi connectivity index (χ1v) is 10.4. The molecule has 3 aromatic carbocycles. The van der Waals surface area contributed by atoms with E-state index in [4.69, 9.17) is 32.1 Å². The van der Waals surface area contributed by atoms with Crippen LogP contribution < -0.4 is 16.3 Å². The number of benzene rings is 3. The molecule has 0 fully saturated rings. The summed E-state index contributed by atoms with van der Waals surface area (Å²) in [5.41, 5.74) is 17.3. The quantitative estimate of drug-likeness (QED) is 0.204. The van der Waals surface area contributed by atoms with Crippen LogP contribution in [0.4, 0.5) is 0 Å². The number of nitrogens with zero attached hydrogens (tertiary/aromatic N) is 2. The van der Waals surface area contributed by atoms with Crippen LogP contribution in [0.3, 0.4) is 0 Å². The highest BCUT2D eigenvalue weighted by atomic mass is 16.7. The van der Waals surface area contributed by atoms with E-state index >= 15 is 0 Å². The van der Waals surface area contributed by atoms with Gasteiger partial charge in [0.25, 0.3) is 0 Å². The smallest absolute Gasteiger partial charge is 0.329 e. The van der Waals surface area contributed by atoms with E-state index < -0.39 is 5.97 Å². The van der Waals surface area contributed by atoms with Gasteiger partial charge >= 0.3 is 5.97 Å². The van der Waals surface area contributed by atoms with Gasteiger partial charge in [0.05, 0.1) is 22.7 Å². The summed E-state index contributed by atoms with van der Waals surface area (Å²) in [6.07, 6.45) is 1.72. The van der Waals surface area contributed by atoms with E-state index in [1.54, 1.807) is 36.5 Å². The molecule has 0 radical (unpaired) electrons. The zero-order valence-corrected chi connectivity index (χ0v) is 18.2. The fourth-order valence-electron chi connectivity index (χ4n) is 3.93. The topological polar surface area (TPSA) is 160 Å². The molecule has 7 N–H and O–H groups in total. The third kappa shape index (κ3) is 3.65. The van der Waals surface area contributed by atoms with Crippen molar-refractivity contribution >= 4 is 39.6 Å². The molecule has 0 saturated carbocycles. The molecule has 0 spiro atoms. The number of nitrogen functional groups attached to an aromatic ring is 2. The molecular weight excluding hydrogens is 430 g/mol. The maximum atomic E-state index is 11.7. The van der Waals surface area contributed by atoms with Crippen molar-refractivity contribution in [2.75, 3.05) is 0 Å². The maximum Gasteiger partial charge on any atom is 0.329 e. The van der Waals surface area contributed by atoms with Crippen molar-refractivity contribution in [1.29, 1.82) is 10.8 Å². The molecule has 0 aliphatic carbocycles. The average Bonchev–Trinajstić information content (AvgIpc) is 3.39. The second-order valence-corrected chi connectivity index (χ2v) is 7.91. The molecule has 34 heavy (non-hydrogen) atoms. The third-order valence-electron chi connectivity index (χ3n) is 5.57. The summed E-state index contributed by atoms with van der Waals surface area (Å²) in [7, 11) is 0. The molecule has 168 valence electrons. The summed E-state index contributed by atoms with van der Waals surface area (Å²) >= 11 is 0. The lowest BCUT2D eigenvalue weighted by molar-refractivity contribution is -0.140. The number of fused-ring (bicyclic) bond motifs is 2. The number of nitrogens with two attached hydrogens (primary N) is 2. The number of nitrogens with one attached hydrogen (secondary N) is 3. The van der Waals surface area contributed by atoms with E-state index in [9.17, 15) is 4.79 Å². The molecule has 0 aliphatic rings. The number of hydrogen-bond donors (Lipinski definition) is 5. The van der Waals surface area contributed by atoms with E-state index in [2.05, 4.69) is 4.98 Å². The largest absolute Gasteiger partial charge is 0.384 e. The number of hydrogen-bond acceptors (Lipinski definition) is 5. The van der Waals surface area contributed by atoms with E-state index in [-0.39, 0.29) is 11.7 Å². The first kappa shape index (κ1) is 21.0. The number of carbonyl (C=O) groups excluding carboxylic acids is 1. The second kappa shape index (κ2) is 7.89. The van der Waals surface area contributed by atoms with Crippen LogP contribution in [0.15, 0.2) is 66.9 Å². The van der Waals surface area contributed by atoms with Crippen LogP contribution in [0.2, 0.25) is 0 Å². The average molecular weight is 451 g/mol. The Balaban J connectivity index is 1.67. The van der Waals surface area contributed by atoms with Crippen LogP contribution in [0, 0.1) is 10.8 Å². The number of aromatic nitrogens is 3. The van der Waals surface area contributed by atoms with Crippen LogP contribution in [0.5, 0.6) is 0 Å². The Bertz CT molecular complexity index is 1610. The summed E-state index contributed by atoms with van der Waals surface area (Å²) in [5.74, 6) is 0.143. The lowest BCUT2D eigenvalue weighted by Crippen LogP contribution is -2.15. The first-order chi connectivity index (χ1) is 16.3. The van der Waals surface area contributed by atoms with Gasteiger partial charge in [0, 0.05) is 29.0 Å². The van der Waals surface area contributed by atoms with E-state index in [1.165, 1.54) is 11.7 Å². The normalized spacial score (nSPS) is 11.1. The zero-order valence-electron chi connectivity index (χ0n) is 18.2. The summed E-state index contributed by atoms with van der Waals surface area (Å²) in [6.45, 7) is 1.35. The molecule has 9 nitrogen and oxygen atoms in total. The molecule has 5 rings (SSSR count). The number of H-pyrrole nitrogens is 1. The molecule has 2 heterocycles. The van der Waals surface area contributed by atoms with Crippen LogP contribution >= 0.6 is 0 Å². The molecule has 0 atom stereocenters. The molecule has 0 unspecified atom stereocenters. The Morgan fingerprint density at radius 2 is 1.62 bits per heavy atom. The minimum Gasteiger partial charge on any atom is -0.384 e. The van der Waals surface area contributed by atoms with Crippen molar-refractivity contribution in [3.63, 3.8) is 0 Å². The molecular formula is C25H21N7O2. The van der Waals surface area contributed by atoms with Gasteiger partial charge in [-0.1, -0.05) is 30.3 Å². The van der Waals surface area contributed by atoms with Crippen molar-refractivity contribution in [3.8, 4) is 22.5 Å². The molecule has 0 bridgehead atoms. The Kier molecular flexibility index (Phi) is 4.86. The monoisotopic (exact) mass is 451 g/mol. The zero-order chi connectivity index (χ0) is 24.0. The fraction of sp³-hybridized carbons (Fsp3) is 0.0400. The number of rotatable bonds is 5. The SMILES string of the molecule is CC(=O)On1cc(-c2nc3ccc(C(=N)N)cc3[nH]2)c2cc(-c3ccc(C(=N)N)cc3)ccc21. The Morgan fingerprint density at radius 1 is 0.941 bits per heavy atom. The van der Waals surface area contributed by atoms with Crippen LogP contribution in [0.1, 0.15) is 18.1 Å². The van der Waals surface area contributed by atoms with Crippen molar-refractivity contribution in [2.45, 2.75) is 6.92 Å². The minimum atomic E-state index is -0.442. The lowest BCUT2D eigenvalue weighted by atomic mass is 10.0. The third-order valence-corrected chi connectivity index (χ3v) is 5.57. The molecule has 2 aromatic heterocycles. The summed E-state index contributed by atoms with van der Waals surface area (Å²) in [4.78, 5) is 25.1. The summed E-state index contributed by atoms with van der Waals surface area (Å²) in [6, 6.07) is 18.6. The second-order valence-electron chi connectivity index (χ2n) is 7.91. The van der Waals surface area contributed by atoms with Gasteiger partial charge in [-0.25, -0.2) is 9.78 Å². The summed E-state index contributed by atoms with van der Waals surface area (Å²) < 4.78 is 1.43. The molecule has 0 aliphatic heterocycles. The highest BCUT2D eigenvalue weighted by Crippen LogP contribution is 2.33. The predicted octanol–water partition coefficient (Wildman–Crippen LogP) is 3.39. The molecule has 9 heteroatoms. The van der Waals surface area contributed by atoms with Gasteiger partial charge in [0.1, 0.15) is 17.5 Å². The first-order valence-electron chi connectivity index (χ1n) is 10.4. The Labute approximate surface area is 193 Å². The predicted molar refractivity (Wildman–Crippen MR) is 132 cm³/mol. The number of imidazole rings is 1. The van der Waals surface area contributed by atoms with Crippen LogP contribution in [0.25, 0.3) is 44.5 Å². The lowest BCUT2D eigenvalue weighted by Gasteiger charge is -2.06. The minimum absolute atomic E-state index is 0.0144. The van der Waals surface area contributed by atoms with Crippen molar-refractivity contribution in [2.24, 2.45) is 11.5 Å². The fourth-order valence-corrected chi connectivity index (χ4v) is 3.93.